The van der Waals surface area contributed by atoms with E-state index in [4.69, 9.17) is 0 Å². The third-order valence-corrected chi connectivity index (χ3v) is 2.12. The van der Waals surface area contributed by atoms with Gasteiger partial charge in [-0.15, -0.1) is 0 Å². The SMILES string of the molecule is C=C(C)c1c(C)cc(F)c(O)c1C. The molecule has 1 aromatic carbocycles. The first kappa shape index (κ1) is 9.78. The highest BCUT2D eigenvalue weighted by Crippen LogP contribution is 2.30. The number of allylic oxidation sites excluding steroid dienone is 1. The summed E-state index contributed by atoms with van der Waals surface area (Å²) in [7, 11) is 0. The Hall–Kier alpha value is -1.31. The monoisotopic (exact) mass is 180 g/mol. The van der Waals surface area contributed by atoms with E-state index in [0.29, 0.717) is 5.56 Å². The summed E-state index contributed by atoms with van der Waals surface area (Å²) in [5.74, 6) is -0.844. The lowest BCUT2D eigenvalue weighted by Crippen LogP contribution is -1.93. The zero-order chi connectivity index (χ0) is 10.2. The number of phenolic OH excluding ortho intramolecular Hbond substituents is 1. The molecule has 0 amide bonds. The van der Waals surface area contributed by atoms with Crippen LogP contribution in [0.15, 0.2) is 12.6 Å². The van der Waals surface area contributed by atoms with Crippen LogP contribution in [0, 0.1) is 19.7 Å². The van der Waals surface area contributed by atoms with Crippen LogP contribution in [-0.4, -0.2) is 5.11 Å². The van der Waals surface area contributed by atoms with Crippen LogP contribution in [0.4, 0.5) is 4.39 Å². The molecule has 0 aliphatic heterocycles. The van der Waals surface area contributed by atoms with Crippen molar-refractivity contribution in [3.8, 4) is 5.75 Å². The predicted molar refractivity (Wildman–Crippen MR) is 52.2 cm³/mol. The predicted octanol–water partition coefficient (Wildman–Crippen LogP) is 3.18. The van der Waals surface area contributed by atoms with Gasteiger partial charge in [0.15, 0.2) is 11.6 Å². The second-order valence-corrected chi connectivity index (χ2v) is 3.30. The molecule has 0 aliphatic rings. The second kappa shape index (κ2) is 3.21. The highest BCUT2D eigenvalue weighted by molar-refractivity contribution is 5.69. The Morgan fingerprint density at radius 3 is 2.46 bits per heavy atom. The lowest BCUT2D eigenvalue weighted by molar-refractivity contribution is 0.428. The maximum atomic E-state index is 13.0. The van der Waals surface area contributed by atoms with Gasteiger partial charge in [0.05, 0.1) is 0 Å². The summed E-state index contributed by atoms with van der Waals surface area (Å²) in [6.45, 7) is 9.12. The first-order valence-electron chi connectivity index (χ1n) is 4.09. The average molecular weight is 180 g/mol. The van der Waals surface area contributed by atoms with Gasteiger partial charge in [0, 0.05) is 5.56 Å². The number of hydrogen-bond donors (Lipinski definition) is 1. The van der Waals surface area contributed by atoms with Crippen molar-refractivity contribution in [1.82, 2.24) is 0 Å². The molecular weight excluding hydrogens is 167 g/mol. The summed E-state index contributed by atoms with van der Waals surface area (Å²) in [5.41, 5.74) is 3.05. The molecule has 0 radical (unpaired) electrons. The van der Waals surface area contributed by atoms with Crippen LogP contribution in [0.25, 0.3) is 5.57 Å². The number of hydrogen-bond acceptors (Lipinski definition) is 1. The number of aryl methyl sites for hydroxylation is 1. The van der Waals surface area contributed by atoms with E-state index in [2.05, 4.69) is 6.58 Å². The van der Waals surface area contributed by atoms with Crippen molar-refractivity contribution in [3.63, 3.8) is 0 Å². The molecule has 1 nitrogen and oxygen atoms in total. The van der Waals surface area contributed by atoms with Crippen LogP contribution in [0.2, 0.25) is 0 Å². The summed E-state index contributed by atoms with van der Waals surface area (Å²) in [6.07, 6.45) is 0. The third kappa shape index (κ3) is 1.57. The van der Waals surface area contributed by atoms with Crippen LogP contribution >= 0.6 is 0 Å². The van der Waals surface area contributed by atoms with Gasteiger partial charge in [-0.05, 0) is 38.0 Å². The summed E-state index contributed by atoms with van der Waals surface area (Å²) in [6, 6.07) is 1.33. The zero-order valence-corrected chi connectivity index (χ0v) is 8.11. The van der Waals surface area contributed by atoms with E-state index in [0.717, 1.165) is 16.7 Å². The number of phenols is 1. The molecule has 1 N–H and O–H groups in total. The van der Waals surface area contributed by atoms with E-state index in [1.54, 1.807) is 13.8 Å². The summed E-state index contributed by atoms with van der Waals surface area (Å²) < 4.78 is 13.0. The van der Waals surface area contributed by atoms with Gasteiger partial charge >= 0.3 is 0 Å². The van der Waals surface area contributed by atoms with Crippen molar-refractivity contribution < 1.29 is 9.50 Å². The molecule has 0 unspecified atom stereocenters. The zero-order valence-electron chi connectivity index (χ0n) is 8.11. The Balaban J connectivity index is 3.53. The van der Waals surface area contributed by atoms with E-state index in [9.17, 15) is 9.50 Å². The van der Waals surface area contributed by atoms with Crippen LogP contribution in [0.1, 0.15) is 23.6 Å². The van der Waals surface area contributed by atoms with Gasteiger partial charge < -0.3 is 5.11 Å². The van der Waals surface area contributed by atoms with Gasteiger partial charge in [-0.1, -0.05) is 12.2 Å². The van der Waals surface area contributed by atoms with Crippen molar-refractivity contribution in [1.29, 1.82) is 0 Å². The molecule has 1 aromatic rings. The standard InChI is InChI=1S/C11H13FO/c1-6(2)10-7(3)5-9(12)11(13)8(10)4/h5,13H,1H2,2-4H3. The first-order chi connectivity index (χ1) is 5.95. The van der Waals surface area contributed by atoms with E-state index < -0.39 is 5.82 Å². The van der Waals surface area contributed by atoms with Crippen molar-refractivity contribution in [2.24, 2.45) is 0 Å². The Morgan fingerprint density at radius 2 is 2.00 bits per heavy atom. The molecule has 2 heteroatoms. The van der Waals surface area contributed by atoms with Crippen molar-refractivity contribution in [2.45, 2.75) is 20.8 Å². The lowest BCUT2D eigenvalue weighted by atomic mass is 9.96. The average Bonchev–Trinajstić information content (AvgIpc) is 1.99. The van der Waals surface area contributed by atoms with Gasteiger partial charge in [-0.3, -0.25) is 0 Å². The maximum Gasteiger partial charge on any atom is 0.165 e. The second-order valence-electron chi connectivity index (χ2n) is 3.30. The minimum Gasteiger partial charge on any atom is -0.505 e. The molecule has 0 aromatic heterocycles. The molecule has 0 aliphatic carbocycles. The van der Waals surface area contributed by atoms with E-state index in [1.165, 1.54) is 6.07 Å². The van der Waals surface area contributed by atoms with Gasteiger partial charge in [0.1, 0.15) is 0 Å². The maximum absolute atomic E-state index is 13.0. The number of aromatic hydroxyl groups is 1. The van der Waals surface area contributed by atoms with Gasteiger partial charge in [-0.2, -0.15) is 0 Å². The molecule has 0 heterocycles. The van der Waals surface area contributed by atoms with Crippen molar-refractivity contribution >= 4 is 5.57 Å². The first-order valence-corrected chi connectivity index (χ1v) is 4.09. The number of rotatable bonds is 1. The molecule has 70 valence electrons. The van der Waals surface area contributed by atoms with E-state index in [-0.39, 0.29) is 5.75 Å². The highest BCUT2D eigenvalue weighted by atomic mass is 19.1. The Morgan fingerprint density at radius 1 is 1.46 bits per heavy atom. The normalized spacial score (nSPS) is 10.2. The molecular formula is C11H13FO. The van der Waals surface area contributed by atoms with Crippen LogP contribution in [-0.2, 0) is 0 Å². The lowest BCUT2D eigenvalue weighted by Gasteiger charge is -2.11. The largest absolute Gasteiger partial charge is 0.505 e. The molecule has 0 saturated heterocycles. The third-order valence-electron chi connectivity index (χ3n) is 2.12. The van der Waals surface area contributed by atoms with Crippen molar-refractivity contribution in [2.75, 3.05) is 0 Å². The van der Waals surface area contributed by atoms with Crippen LogP contribution < -0.4 is 0 Å². The molecule has 13 heavy (non-hydrogen) atoms. The molecule has 0 spiro atoms. The fourth-order valence-corrected chi connectivity index (χ4v) is 1.58. The van der Waals surface area contributed by atoms with Crippen LogP contribution in [0.3, 0.4) is 0 Å². The molecule has 1 rings (SSSR count). The van der Waals surface area contributed by atoms with Gasteiger partial charge in [0.25, 0.3) is 0 Å². The van der Waals surface area contributed by atoms with E-state index in [1.807, 2.05) is 6.92 Å². The number of benzene rings is 1. The minimum atomic E-state index is -0.569. The highest BCUT2D eigenvalue weighted by Gasteiger charge is 2.12. The number of halogens is 1. The molecule has 0 bridgehead atoms. The fraction of sp³-hybridized carbons (Fsp3) is 0.273. The van der Waals surface area contributed by atoms with Gasteiger partial charge in [0.2, 0.25) is 0 Å². The minimum absolute atomic E-state index is 0.274. The molecule has 0 atom stereocenters. The quantitative estimate of drug-likeness (QED) is 0.703. The topological polar surface area (TPSA) is 20.2 Å². The fourth-order valence-electron chi connectivity index (χ4n) is 1.58. The van der Waals surface area contributed by atoms with Crippen molar-refractivity contribution in [3.05, 3.63) is 35.2 Å². The Kier molecular flexibility index (Phi) is 2.41. The summed E-state index contributed by atoms with van der Waals surface area (Å²) >= 11 is 0. The Labute approximate surface area is 77.5 Å². The smallest absolute Gasteiger partial charge is 0.165 e. The van der Waals surface area contributed by atoms with Gasteiger partial charge in [-0.25, -0.2) is 4.39 Å². The summed E-state index contributed by atoms with van der Waals surface area (Å²) in [4.78, 5) is 0. The van der Waals surface area contributed by atoms with E-state index >= 15 is 0 Å². The Bertz CT molecular complexity index is 367. The molecule has 0 fully saturated rings. The van der Waals surface area contributed by atoms with Crippen LogP contribution in [0.5, 0.6) is 5.75 Å². The molecule has 0 saturated carbocycles. The summed E-state index contributed by atoms with van der Waals surface area (Å²) in [5, 5.41) is 9.34.